The number of carbonyl (C=O) groups is 1. The second-order valence-corrected chi connectivity index (χ2v) is 9.24. The summed E-state index contributed by atoms with van der Waals surface area (Å²) in [6, 6.07) is 10.7. The number of amides is 1. The van der Waals surface area contributed by atoms with Crippen LogP contribution in [-0.4, -0.2) is 38.8 Å². The van der Waals surface area contributed by atoms with Crippen molar-refractivity contribution < 1.29 is 17.6 Å². The molecule has 1 aliphatic heterocycles. The molecule has 1 heterocycles. The van der Waals surface area contributed by atoms with Crippen molar-refractivity contribution >= 4 is 21.6 Å². The Morgan fingerprint density at radius 1 is 1.04 bits per heavy atom. The van der Waals surface area contributed by atoms with Crippen molar-refractivity contribution in [3.63, 3.8) is 0 Å². The summed E-state index contributed by atoms with van der Waals surface area (Å²) in [7, 11) is -1.91. The number of nitrogens with zero attached hydrogens (tertiary/aromatic N) is 2. The van der Waals surface area contributed by atoms with Gasteiger partial charge in [-0.1, -0.05) is 6.07 Å². The average Bonchev–Trinajstić information content (AvgIpc) is 2.69. The Kier molecular flexibility index (Phi) is 5.86. The van der Waals surface area contributed by atoms with Gasteiger partial charge < -0.3 is 4.90 Å². The molecule has 0 spiro atoms. The molecule has 28 heavy (non-hydrogen) atoms. The van der Waals surface area contributed by atoms with E-state index in [1.807, 2.05) is 32.0 Å². The summed E-state index contributed by atoms with van der Waals surface area (Å²) in [6.07, 6.45) is 0.933. The lowest BCUT2D eigenvalue weighted by Crippen LogP contribution is -2.43. The molecule has 3 rings (SSSR count). The van der Waals surface area contributed by atoms with Crippen LogP contribution in [0.3, 0.4) is 0 Å². The zero-order valence-corrected chi connectivity index (χ0v) is 17.2. The topological polar surface area (TPSA) is 57.7 Å². The molecule has 5 nitrogen and oxygen atoms in total. The lowest BCUT2D eigenvalue weighted by molar-refractivity contribution is -0.123. The largest absolute Gasteiger partial charge is 0.315 e. The maximum atomic E-state index is 13.1. The fourth-order valence-electron chi connectivity index (χ4n) is 3.43. The molecule has 7 heteroatoms. The summed E-state index contributed by atoms with van der Waals surface area (Å²) in [5, 5.41) is 0. The Balaban J connectivity index is 1.66. The molecule has 0 aliphatic carbocycles. The summed E-state index contributed by atoms with van der Waals surface area (Å²) in [6.45, 7) is 4.59. The SMILES string of the molecule is Cc1ccc(N(C)C(=O)C2CCN(S(=O)(=O)c3ccc(F)cc3)CC2)cc1C. The fraction of sp³-hybridized carbons (Fsp3) is 0.381. The highest BCUT2D eigenvalue weighted by molar-refractivity contribution is 7.89. The Morgan fingerprint density at radius 3 is 2.21 bits per heavy atom. The molecule has 150 valence electrons. The number of anilines is 1. The number of carbonyl (C=O) groups excluding carboxylic acids is 1. The third kappa shape index (κ3) is 4.10. The minimum atomic E-state index is -3.67. The van der Waals surface area contributed by atoms with Crippen LogP contribution in [0, 0.1) is 25.6 Å². The van der Waals surface area contributed by atoms with E-state index in [0.717, 1.165) is 23.4 Å². The molecule has 0 atom stereocenters. The van der Waals surface area contributed by atoms with Crippen molar-refractivity contribution in [3.8, 4) is 0 Å². The van der Waals surface area contributed by atoms with Gasteiger partial charge in [-0.15, -0.1) is 0 Å². The molecule has 0 N–H and O–H groups in total. The van der Waals surface area contributed by atoms with Gasteiger partial charge in [-0.25, -0.2) is 12.8 Å². The van der Waals surface area contributed by atoms with Crippen LogP contribution in [0.4, 0.5) is 10.1 Å². The normalized spacial score (nSPS) is 16.1. The summed E-state index contributed by atoms with van der Waals surface area (Å²) in [5.41, 5.74) is 3.13. The first-order chi connectivity index (χ1) is 13.2. The first-order valence-electron chi connectivity index (χ1n) is 9.30. The second kappa shape index (κ2) is 8.01. The van der Waals surface area contributed by atoms with E-state index in [1.165, 1.54) is 22.0 Å². The van der Waals surface area contributed by atoms with Crippen molar-refractivity contribution in [2.75, 3.05) is 25.0 Å². The number of sulfonamides is 1. The van der Waals surface area contributed by atoms with Gasteiger partial charge in [0.25, 0.3) is 0 Å². The lowest BCUT2D eigenvalue weighted by atomic mass is 9.96. The minimum Gasteiger partial charge on any atom is -0.315 e. The first kappa shape index (κ1) is 20.5. The maximum Gasteiger partial charge on any atom is 0.243 e. The zero-order valence-electron chi connectivity index (χ0n) is 16.4. The van der Waals surface area contributed by atoms with Gasteiger partial charge in [0.15, 0.2) is 0 Å². The van der Waals surface area contributed by atoms with Gasteiger partial charge >= 0.3 is 0 Å². The minimum absolute atomic E-state index is 0.00193. The quantitative estimate of drug-likeness (QED) is 0.784. The molecular formula is C21H25FN2O3S. The number of aryl methyl sites for hydroxylation is 2. The summed E-state index contributed by atoms with van der Waals surface area (Å²) in [5.74, 6) is -0.689. The number of rotatable bonds is 4. The zero-order chi connectivity index (χ0) is 20.5. The van der Waals surface area contributed by atoms with Gasteiger partial charge in [-0.05, 0) is 74.2 Å². The number of hydrogen-bond donors (Lipinski definition) is 0. The molecule has 1 saturated heterocycles. The van der Waals surface area contributed by atoms with Crippen molar-refractivity contribution in [2.24, 2.45) is 5.92 Å². The average molecular weight is 405 g/mol. The van der Waals surface area contributed by atoms with Crippen LogP contribution in [0.2, 0.25) is 0 Å². The molecule has 0 aromatic heterocycles. The second-order valence-electron chi connectivity index (χ2n) is 7.30. The standard InChI is InChI=1S/C21H25FN2O3S/c1-15-4-7-19(14-16(15)2)23(3)21(25)17-10-12-24(13-11-17)28(26,27)20-8-5-18(22)6-9-20/h4-9,14,17H,10-13H2,1-3H3. The maximum absolute atomic E-state index is 13.1. The first-order valence-corrected chi connectivity index (χ1v) is 10.7. The van der Waals surface area contributed by atoms with Crippen LogP contribution < -0.4 is 4.90 Å². The van der Waals surface area contributed by atoms with Crippen LogP contribution in [0.1, 0.15) is 24.0 Å². The molecule has 1 aliphatic rings. The Labute approximate surface area is 165 Å². The van der Waals surface area contributed by atoms with Crippen LogP contribution in [0.5, 0.6) is 0 Å². The van der Waals surface area contributed by atoms with Gasteiger partial charge in [0.05, 0.1) is 4.90 Å². The smallest absolute Gasteiger partial charge is 0.243 e. The fourth-order valence-corrected chi connectivity index (χ4v) is 4.90. The summed E-state index contributed by atoms with van der Waals surface area (Å²) >= 11 is 0. The molecule has 0 unspecified atom stereocenters. The Bertz CT molecular complexity index is 966. The van der Waals surface area contributed by atoms with E-state index < -0.39 is 15.8 Å². The number of hydrogen-bond acceptors (Lipinski definition) is 3. The van der Waals surface area contributed by atoms with E-state index in [1.54, 1.807) is 11.9 Å². The number of halogens is 1. The number of piperidine rings is 1. The van der Waals surface area contributed by atoms with Gasteiger partial charge in [-0.3, -0.25) is 4.79 Å². The molecule has 1 fully saturated rings. The molecule has 0 saturated carbocycles. The monoisotopic (exact) mass is 404 g/mol. The Hall–Kier alpha value is -2.25. The van der Waals surface area contributed by atoms with Gasteiger partial charge in [0.2, 0.25) is 15.9 Å². The van der Waals surface area contributed by atoms with E-state index in [4.69, 9.17) is 0 Å². The van der Waals surface area contributed by atoms with E-state index >= 15 is 0 Å². The predicted molar refractivity (Wildman–Crippen MR) is 107 cm³/mol. The summed E-state index contributed by atoms with van der Waals surface area (Å²) in [4.78, 5) is 14.6. The molecule has 2 aromatic rings. The van der Waals surface area contributed by atoms with Crippen LogP contribution in [0.25, 0.3) is 0 Å². The Morgan fingerprint density at radius 2 is 1.64 bits per heavy atom. The van der Waals surface area contributed by atoms with Crippen LogP contribution in [-0.2, 0) is 14.8 Å². The van der Waals surface area contributed by atoms with Crippen molar-refractivity contribution in [2.45, 2.75) is 31.6 Å². The third-order valence-electron chi connectivity index (χ3n) is 5.46. The highest BCUT2D eigenvalue weighted by Gasteiger charge is 2.33. The molecular weight excluding hydrogens is 379 g/mol. The van der Waals surface area contributed by atoms with Crippen molar-refractivity contribution in [1.29, 1.82) is 0 Å². The third-order valence-corrected chi connectivity index (χ3v) is 7.38. The van der Waals surface area contributed by atoms with E-state index in [-0.39, 0.29) is 29.8 Å². The molecule has 0 bridgehead atoms. The van der Waals surface area contributed by atoms with Gasteiger partial charge in [0.1, 0.15) is 5.82 Å². The number of benzene rings is 2. The van der Waals surface area contributed by atoms with E-state index in [2.05, 4.69) is 0 Å². The van der Waals surface area contributed by atoms with Gasteiger partial charge in [0, 0.05) is 31.7 Å². The van der Waals surface area contributed by atoms with Crippen molar-refractivity contribution in [1.82, 2.24) is 4.31 Å². The van der Waals surface area contributed by atoms with Crippen LogP contribution in [0.15, 0.2) is 47.4 Å². The van der Waals surface area contributed by atoms with Crippen molar-refractivity contribution in [3.05, 3.63) is 59.4 Å². The highest BCUT2D eigenvalue weighted by Crippen LogP contribution is 2.27. The van der Waals surface area contributed by atoms with E-state index in [0.29, 0.717) is 12.8 Å². The highest BCUT2D eigenvalue weighted by atomic mass is 32.2. The lowest BCUT2D eigenvalue weighted by Gasteiger charge is -2.32. The summed E-state index contributed by atoms with van der Waals surface area (Å²) < 4.78 is 39.9. The molecule has 1 amide bonds. The molecule has 2 aromatic carbocycles. The predicted octanol–water partition coefficient (Wildman–Crippen LogP) is 3.51. The molecule has 0 radical (unpaired) electrons. The van der Waals surface area contributed by atoms with Crippen LogP contribution >= 0.6 is 0 Å². The van der Waals surface area contributed by atoms with E-state index in [9.17, 15) is 17.6 Å². The van der Waals surface area contributed by atoms with Gasteiger partial charge in [-0.2, -0.15) is 4.31 Å².